The second-order valence-electron chi connectivity index (χ2n) is 9.81. The van der Waals surface area contributed by atoms with Crippen LogP contribution in [-0.4, -0.2) is 46.8 Å². The zero-order valence-corrected chi connectivity index (χ0v) is 19.2. The van der Waals surface area contributed by atoms with E-state index in [-0.39, 0.29) is 47.2 Å². The first kappa shape index (κ1) is 22.2. The number of halogens is 2. The number of pyridine rings is 1. The van der Waals surface area contributed by atoms with Gasteiger partial charge in [-0.25, -0.2) is 8.78 Å². The number of fused-ring (bicyclic) bond motifs is 5. The third-order valence-corrected chi connectivity index (χ3v) is 7.68. The second-order valence-corrected chi connectivity index (χ2v) is 9.81. The van der Waals surface area contributed by atoms with Gasteiger partial charge in [0, 0.05) is 23.9 Å². The van der Waals surface area contributed by atoms with Crippen LogP contribution in [0.1, 0.15) is 64.9 Å². The van der Waals surface area contributed by atoms with Gasteiger partial charge in [0.05, 0.1) is 25.3 Å². The molecule has 3 atom stereocenters. The molecule has 10 heteroatoms. The highest BCUT2D eigenvalue weighted by atomic mass is 19.1. The maximum Gasteiger partial charge on any atom is 0.276 e. The number of benzene rings is 1. The Balaban J connectivity index is 1.36. The zero-order valence-electron chi connectivity index (χ0n) is 19.2. The minimum atomic E-state index is -1.01. The molecule has 1 aromatic carbocycles. The van der Waals surface area contributed by atoms with E-state index in [0.29, 0.717) is 12.8 Å². The van der Waals surface area contributed by atoms with Crippen LogP contribution in [0, 0.1) is 11.6 Å². The van der Waals surface area contributed by atoms with Crippen LogP contribution < -0.4 is 15.5 Å². The molecule has 3 heterocycles. The van der Waals surface area contributed by atoms with Crippen LogP contribution in [0.15, 0.2) is 29.2 Å². The third-order valence-electron chi connectivity index (χ3n) is 7.68. The maximum absolute atomic E-state index is 14.4. The fraction of sp³-hybridized carbons (Fsp3) is 0.480. The molecule has 2 unspecified atom stereocenters. The minimum absolute atomic E-state index is 0.0527. The number of hydrogen-bond donors (Lipinski definition) is 1. The Morgan fingerprint density at radius 3 is 2.74 bits per heavy atom. The largest absolute Gasteiger partial charge is 0.491 e. The number of methoxy groups -OCH3 is 1. The molecule has 2 aliphatic carbocycles. The number of carbonyl (C=O) groups is 2. The van der Waals surface area contributed by atoms with E-state index in [2.05, 4.69) is 5.32 Å². The number of carbonyl (C=O) groups excluding carboxylic acids is 2. The zero-order chi connectivity index (χ0) is 24.5. The first-order valence-corrected chi connectivity index (χ1v) is 11.9. The topological polar surface area (TPSA) is 89.9 Å². The molecule has 2 aromatic rings. The summed E-state index contributed by atoms with van der Waals surface area (Å²) in [5.74, 6) is -2.72. The van der Waals surface area contributed by atoms with Crippen LogP contribution in [0.4, 0.5) is 8.78 Å². The smallest absolute Gasteiger partial charge is 0.276 e. The van der Waals surface area contributed by atoms with Gasteiger partial charge in [-0.15, -0.1) is 0 Å². The second kappa shape index (κ2) is 7.87. The Morgan fingerprint density at radius 2 is 2.03 bits per heavy atom. The van der Waals surface area contributed by atoms with Crippen molar-refractivity contribution in [3.05, 3.63) is 63.1 Å². The van der Waals surface area contributed by atoms with Crippen LogP contribution >= 0.6 is 0 Å². The molecule has 6 rings (SSSR count). The number of amides is 2. The van der Waals surface area contributed by atoms with E-state index < -0.39 is 34.7 Å². The van der Waals surface area contributed by atoms with Crippen LogP contribution in [-0.2, 0) is 16.8 Å². The molecule has 2 amide bonds. The van der Waals surface area contributed by atoms with Gasteiger partial charge in [-0.1, -0.05) is 6.07 Å². The molecule has 0 spiro atoms. The van der Waals surface area contributed by atoms with Gasteiger partial charge in [0.25, 0.3) is 11.8 Å². The molecular formula is C25H25F2N3O5. The number of nitrogens with one attached hydrogen (secondary N) is 1. The predicted molar refractivity (Wildman–Crippen MR) is 119 cm³/mol. The molecule has 0 radical (unpaired) electrons. The molecular weight excluding hydrogens is 460 g/mol. The SMILES string of the molecule is COc1c2n(cc(C(=O)NC3(c4ccc(F)cc4F)CC3)c1=O)CC1O[C@@H]3CCCC(C3)N1C2=O. The van der Waals surface area contributed by atoms with Gasteiger partial charge >= 0.3 is 0 Å². The van der Waals surface area contributed by atoms with Crippen molar-refractivity contribution < 1.29 is 27.8 Å². The number of nitrogens with zero attached hydrogens (tertiary/aromatic N) is 2. The lowest BCUT2D eigenvalue weighted by atomic mass is 9.89. The fourth-order valence-corrected chi connectivity index (χ4v) is 5.84. The van der Waals surface area contributed by atoms with Gasteiger partial charge in [-0.2, -0.15) is 0 Å². The van der Waals surface area contributed by atoms with Crippen molar-refractivity contribution in [1.29, 1.82) is 0 Å². The summed E-state index contributed by atoms with van der Waals surface area (Å²) in [4.78, 5) is 41.7. The quantitative estimate of drug-likeness (QED) is 0.719. The molecule has 8 nitrogen and oxygen atoms in total. The number of ether oxygens (including phenoxy) is 2. The highest BCUT2D eigenvalue weighted by molar-refractivity contribution is 5.99. The molecule has 1 N–H and O–H groups in total. The summed E-state index contributed by atoms with van der Waals surface area (Å²) in [7, 11) is 1.29. The van der Waals surface area contributed by atoms with Gasteiger partial charge in [-0.05, 0) is 44.6 Å². The van der Waals surface area contributed by atoms with Crippen molar-refractivity contribution in [1.82, 2.24) is 14.8 Å². The summed E-state index contributed by atoms with van der Waals surface area (Å²) >= 11 is 0. The number of rotatable bonds is 4. The normalized spacial score (nSPS) is 26.0. The summed E-state index contributed by atoms with van der Waals surface area (Å²) in [6.45, 7) is 0.267. The third kappa shape index (κ3) is 3.45. The van der Waals surface area contributed by atoms with E-state index >= 15 is 0 Å². The van der Waals surface area contributed by atoms with Crippen molar-refractivity contribution in [2.45, 2.75) is 69.0 Å². The predicted octanol–water partition coefficient (Wildman–Crippen LogP) is 2.68. The monoisotopic (exact) mass is 485 g/mol. The lowest BCUT2D eigenvalue weighted by molar-refractivity contribution is -0.170. The average Bonchev–Trinajstić information content (AvgIpc) is 3.59. The first-order valence-electron chi connectivity index (χ1n) is 11.9. The van der Waals surface area contributed by atoms with Gasteiger partial charge in [0.1, 0.15) is 17.2 Å². The maximum atomic E-state index is 14.4. The van der Waals surface area contributed by atoms with Crippen LogP contribution in [0.2, 0.25) is 0 Å². The van der Waals surface area contributed by atoms with E-state index in [9.17, 15) is 23.2 Å². The number of aromatic nitrogens is 1. The molecule has 1 saturated heterocycles. The van der Waals surface area contributed by atoms with Crippen molar-refractivity contribution in [2.75, 3.05) is 7.11 Å². The van der Waals surface area contributed by atoms with Gasteiger partial charge in [0.2, 0.25) is 5.43 Å². The molecule has 2 aliphatic heterocycles. The summed E-state index contributed by atoms with van der Waals surface area (Å²) in [5, 5.41) is 2.76. The Bertz CT molecular complexity index is 1300. The van der Waals surface area contributed by atoms with Gasteiger partial charge in [0.15, 0.2) is 17.7 Å². The van der Waals surface area contributed by atoms with Crippen molar-refractivity contribution in [3.63, 3.8) is 0 Å². The summed E-state index contributed by atoms with van der Waals surface area (Å²) < 4.78 is 40.9. The minimum Gasteiger partial charge on any atom is -0.491 e. The standard InChI is InChI=1S/C25H25F2N3O5/c1-34-22-20-24(33)30-14-3-2-4-15(10-14)35-19(30)12-29(20)11-16(21(22)31)23(32)28-25(7-8-25)17-6-5-13(26)9-18(17)27/h5-6,9,11,14-15,19H,2-4,7-8,10,12H2,1H3,(H,28,32)/t14?,15-,19?/m1/s1. The average molecular weight is 485 g/mol. The molecule has 1 aromatic heterocycles. The van der Waals surface area contributed by atoms with E-state index in [4.69, 9.17) is 9.47 Å². The highest BCUT2D eigenvalue weighted by Gasteiger charge is 2.49. The molecule has 3 fully saturated rings. The Kier molecular flexibility index (Phi) is 5.00. The molecule has 35 heavy (non-hydrogen) atoms. The molecule has 2 saturated carbocycles. The Hall–Kier alpha value is -3.27. The molecule has 4 aliphatic rings. The van der Waals surface area contributed by atoms with Gasteiger partial charge in [-0.3, -0.25) is 14.4 Å². The van der Waals surface area contributed by atoms with Gasteiger partial charge < -0.3 is 24.3 Å². The fourth-order valence-electron chi connectivity index (χ4n) is 5.84. The summed E-state index contributed by atoms with van der Waals surface area (Å²) in [5.41, 5.74) is -1.66. The van der Waals surface area contributed by atoms with Crippen LogP contribution in [0.5, 0.6) is 5.75 Å². The summed E-state index contributed by atoms with van der Waals surface area (Å²) in [6.07, 6.45) is 5.47. The van der Waals surface area contributed by atoms with Crippen LogP contribution in [0.25, 0.3) is 0 Å². The van der Waals surface area contributed by atoms with Crippen molar-refractivity contribution in [2.24, 2.45) is 0 Å². The first-order chi connectivity index (χ1) is 16.8. The van der Waals surface area contributed by atoms with E-state index in [0.717, 1.165) is 37.8 Å². The van der Waals surface area contributed by atoms with Crippen molar-refractivity contribution >= 4 is 11.8 Å². The molecule has 2 bridgehead atoms. The van der Waals surface area contributed by atoms with Crippen molar-refractivity contribution in [3.8, 4) is 5.75 Å². The number of hydrogen-bond acceptors (Lipinski definition) is 5. The summed E-state index contributed by atoms with van der Waals surface area (Å²) in [6, 6.07) is 3.27. The Labute approximate surface area is 199 Å². The Morgan fingerprint density at radius 1 is 1.23 bits per heavy atom. The lowest BCUT2D eigenvalue weighted by Gasteiger charge is -2.50. The highest BCUT2D eigenvalue weighted by Crippen LogP contribution is 2.47. The van der Waals surface area contributed by atoms with Crippen LogP contribution in [0.3, 0.4) is 0 Å². The lowest BCUT2D eigenvalue weighted by Crippen LogP contribution is -2.61. The van der Waals surface area contributed by atoms with E-state index in [1.54, 1.807) is 9.47 Å². The molecule has 184 valence electrons. The van der Waals surface area contributed by atoms with E-state index in [1.807, 2.05) is 0 Å². The van der Waals surface area contributed by atoms with E-state index in [1.165, 1.54) is 19.4 Å².